The fourth-order valence-corrected chi connectivity index (χ4v) is 2.89. The zero-order valence-corrected chi connectivity index (χ0v) is 15.0. The molecule has 0 aliphatic carbocycles. The van der Waals surface area contributed by atoms with Crippen molar-refractivity contribution in [2.75, 3.05) is 0 Å². The maximum Gasteiger partial charge on any atom is 0.265 e. The van der Waals surface area contributed by atoms with Crippen LogP contribution in [0.4, 0.5) is 8.78 Å². The predicted molar refractivity (Wildman–Crippen MR) is 95.2 cm³/mol. The van der Waals surface area contributed by atoms with Crippen LogP contribution in [0.3, 0.4) is 0 Å². The number of pyridine rings is 1. The SMILES string of the molecule is CCn1c(-c2c(F)cccc2F)c(/C(N)=C(\C)S)cc(Br)c1=O. The maximum atomic E-state index is 14.3. The van der Waals surface area contributed by atoms with E-state index in [1.807, 2.05) is 0 Å². The van der Waals surface area contributed by atoms with E-state index in [9.17, 15) is 13.6 Å². The number of aromatic nitrogens is 1. The van der Waals surface area contributed by atoms with Crippen LogP contribution >= 0.6 is 28.6 Å². The second-order valence-corrected chi connectivity index (χ2v) is 6.42. The Morgan fingerprint density at radius 3 is 2.39 bits per heavy atom. The van der Waals surface area contributed by atoms with Gasteiger partial charge in [-0.05, 0) is 48.0 Å². The maximum absolute atomic E-state index is 14.3. The van der Waals surface area contributed by atoms with Gasteiger partial charge in [-0.2, -0.15) is 0 Å². The van der Waals surface area contributed by atoms with Gasteiger partial charge in [-0.1, -0.05) is 6.07 Å². The fraction of sp³-hybridized carbons (Fsp3) is 0.188. The van der Waals surface area contributed by atoms with Crippen molar-refractivity contribution in [2.45, 2.75) is 20.4 Å². The molecule has 0 bridgehead atoms. The largest absolute Gasteiger partial charge is 0.398 e. The van der Waals surface area contributed by atoms with E-state index in [-0.39, 0.29) is 28.0 Å². The predicted octanol–water partition coefficient (Wildman–Crippen LogP) is 4.15. The van der Waals surface area contributed by atoms with E-state index in [0.717, 1.165) is 12.1 Å². The Labute approximate surface area is 146 Å². The summed E-state index contributed by atoms with van der Waals surface area (Å²) in [6.45, 7) is 3.61. The minimum absolute atomic E-state index is 0.0993. The summed E-state index contributed by atoms with van der Waals surface area (Å²) in [5, 5.41) is 0. The summed E-state index contributed by atoms with van der Waals surface area (Å²) in [6.07, 6.45) is 0. The van der Waals surface area contributed by atoms with Crippen LogP contribution in [-0.4, -0.2) is 4.57 Å². The van der Waals surface area contributed by atoms with Crippen LogP contribution in [0, 0.1) is 11.6 Å². The van der Waals surface area contributed by atoms with Gasteiger partial charge >= 0.3 is 0 Å². The monoisotopic (exact) mass is 400 g/mol. The summed E-state index contributed by atoms with van der Waals surface area (Å²) in [5.74, 6) is -1.53. The first-order valence-corrected chi connectivity index (χ1v) is 8.07. The highest BCUT2D eigenvalue weighted by Crippen LogP contribution is 2.33. The first-order valence-electron chi connectivity index (χ1n) is 6.83. The highest BCUT2D eigenvalue weighted by Gasteiger charge is 2.22. The fourth-order valence-electron chi connectivity index (χ4n) is 2.33. The molecular weight excluding hydrogens is 386 g/mol. The van der Waals surface area contributed by atoms with Gasteiger partial charge in [0.1, 0.15) is 11.6 Å². The molecule has 3 nitrogen and oxygen atoms in total. The minimum Gasteiger partial charge on any atom is -0.398 e. The number of hydrogen-bond donors (Lipinski definition) is 2. The summed E-state index contributed by atoms with van der Waals surface area (Å²) in [6, 6.07) is 5.01. The van der Waals surface area contributed by atoms with Gasteiger partial charge in [0.05, 0.1) is 21.4 Å². The third-order valence-corrected chi connectivity index (χ3v) is 4.25. The van der Waals surface area contributed by atoms with E-state index in [0.29, 0.717) is 10.5 Å². The number of hydrogen-bond acceptors (Lipinski definition) is 3. The Morgan fingerprint density at radius 1 is 1.35 bits per heavy atom. The van der Waals surface area contributed by atoms with E-state index in [1.54, 1.807) is 13.8 Å². The molecule has 0 spiro atoms. The average molecular weight is 401 g/mol. The third kappa shape index (κ3) is 3.21. The Hall–Kier alpha value is -1.60. The molecule has 7 heteroatoms. The summed E-state index contributed by atoms with van der Waals surface area (Å²) >= 11 is 7.38. The number of nitrogens with zero attached hydrogens (tertiary/aromatic N) is 1. The van der Waals surface area contributed by atoms with Crippen LogP contribution in [0.5, 0.6) is 0 Å². The number of rotatable bonds is 3. The normalized spacial score (nSPS) is 12.3. The van der Waals surface area contributed by atoms with Gasteiger partial charge in [-0.15, -0.1) is 12.6 Å². The molecule has 0 unspecified atom stereocenters. The molecule has 2 aromatic rings. The molecule has 0 atom stereocenters. The summed E-state index contributed by atoms with van der Waals surface area (Å²) < 4.78 is 30.1. The van der Waals surface area contributed by atoms with Crippen molar-refractivity contribution in [1.82, 2.24) is 4.57 Å². The number of halogens is 3. The highest BCUT2D eigenvalue weighted by molar-refractivity contribution is 9.10. The molecule has 2 rings (SSSR count). The molecule has 1 aromatic heterocycles. The second-order valence-electron chi connectivity index (χ2n) is 4.90. The van der Waals surface area contributed by atoms with Crippen LogP contribution in [0.1, 0.15) is 19.4 Å². The van der Waals surface area contributed by atoms with Gasteiger partial charge in [-0.25, -0.2) is 8.78 Å². The third-order valence-electron chi connectivity index (χ3n) is 3.44. The molecule has 122 valence electrons. The lowest BCUT2D eigenvalue weighted by molar-refractivity contribution is 0.583. The van der Waals surface area contributed by atoms with E-state index >= 15 is 0 Å². The van der Waals surface area contributed by atoms with Crippen molar-refractivity contribution in [3.05, 3.63) is 61.2 Å². The molecule has 0 amide bonds. The second kappa shape index (κ2) is 6.88. The molecule has 1 heterocycles. The van der Waals surface area contributed by atoms with Crippen LogP contribution < -0.4 is 11.3 Å². The van der Waals surface area contributed by atoms with Gasteiger partial charge < -0.3 is 10.3 Å². The summed E-state index contributed by atoms with van der Waals surface area (Å²) in [4.78, 5) is 12.8. The van der Waals surface area contributed by atoms with E-state index < -0.39 is 17.2 Å². The van der Waals surface area contributed by atoms with E-state index in [1.165, 1.54) is 16.7 Å². The van der Waals surface area contributed by atoms with Gasteiger partial charge in [0.15, 0.2) is 0 Å². The molecule has 0 saturated heterocycles. The molecule has 0 saturated carbocycles. The Balaban J connectivity index is 3.05. The Morgan fingerprint density at radius 2 is 1.91 bits per heavy atom. The molecule has 0 radical (unpaired) electrons. The van der Waals surface area contributed by atoms with Crippen molar-refractivity contribution in [1.29, 1.82) is 0 Å². The molecule has 0 fully saturated rings. The smallest absolute Gasteiger partial charge is 0.265 e. The standard InChI is InChI=1S/C16H15BrF2N2OS/c1-3-21-15(13-11(18)5-4-6-12(13)19)9(14(20)8(2)23)7-10(17)16(21)22/h4-7,23H,3,20H2,1-2H3/b14-8-. The number of thiol groups is 1. The quantitative estimate of drug-likeness (QED) is 0.760. The van der Waals surface area contributed by atoms with Crippen LogP contribution in [0.2, 0.25) is 0 Å². The summed E-state index contributed by atoms with van der Waals surface area (Å²) in [7, 11) is 0. The lowest BCUT2D eigenvalue weighted by Crippen LogP contribution is -2.24. The van der Waals surface area contributed by atoms with Crippen molar-refractivity contribution >= 4 is 34.3 Å². The van der Waals surface area contributed by atoms with Crippen LogP contribution in [-0.2, 0) is 6.54 Å². The Kier molecular flexibility index (Phi) is 5.31. The molecule has 0 aliphatic heterocycles. The van der Waals surface area contributed by atoms with Crippen molar-refractivity contribution in [2.24, 2.45) is 5.73 Å². The Bertz CT molecular complexity index is 838. The van der Waals surface area contributed by atoms with Crippen molar-refractivity contribution in [3.63, 3.8) is 0 Å². The van der Waals surface area contributed by atoms with Crippen LogP contribution in [0.25, 0.3) is 17.0 Å². The van der Waals surface area contributed by atoms with Crippen molar-refractivity contribution < 1.29 is 8.78 Å². The molecular formula is C16H15BrF2N2OS. The average Bonchev–Trinajstić information content (AvgIpc) is 2.49. The first-order chi connectivity index (χ1) is 10.8. The lowest BCUT2D eigenvalue weighted by atomic mass is 10.0. The van der Waals surface area contributed by atoms with Gasteiger partial charge in [0, 0.05) is 17.0 Å². The topological polar surface area (TPSA) is 48.0 Å². The number of nitrogens with two attached hydrogens (primary N) is 1. The summed E-state index contributed by atoms with van der Waals surface area (Å²) in [5.41, 5.74) is 6.05. The van der Waals surface area contributed by atoms with E-state index in [2.05, 4.69) is 28.6 Å². The van der Waals surface area contributed by atoms with E-state index in [4.69, 9.17) is 5.73 Å². The minimum atomic E-state index is -0.764. The first kappa shape index (κ1) is 17.7. The zero-order valence-electron chi connectivity index (χ0n) is 12.5. The van der Waals surface area contributed by atoms with Gasteiger partial charge in [0.25, 0.3) is 5.56 Å². The zero-order chi connectivity index (χ0) is 17.3. The number of allylic oxidation sites excluding steroid dienone is 1. The highest BCUT2D eigenvalue weighted by atomic mass is 79.9. The van der Waals surface area contributed by atoms with Crippen LogP contribution in [0.15, 0.2) is 38.4 Å². The molecule has 23 heavy (non-hydrogen) atoms. The molecule has 1 aromatic carbocycles. The lowest BCUT2D eigenvalue weighted by Gasteiger charge is -2.19. The molecule has 0 aliphatic rings. The molecule has 2 N–H and O–H groups in total. The number of benzene rings is 1. The van der Waals surface area contributed by atoms with Crippen molar-refractivity contribution in [3.8, 4) is 11.3 Å². The van der Waals surface area contributed by atoms with Gasteiger partial charge in [0.2, 0.25) is 0 Å². The van der Waals surface area contributed by atoms with Gasteiger partial charge in [-0.3, -0.25) is 4.79 Å².